The third-order valence-electron chi connectivity index (χ3n) is 3.45. The first-order valence-electron chi connectivity index (χ1n) is 7.21. The van der Waals surface area contributed by atoms with Gasteiger partial charge < -0.3 is 10.4 Å². The number of aliphatic hydroxyl groups is 1. The van der Waals surface area contributed by atoms with Crippen molar-refractivity contribution in [3.63, 3.8) is 0 Å². The zero-order chi connectivity index (χ0) is 16.0. The first-order valence-corrected chi connectivity index (χ1v) is 8.69. The van der Waals surface area contributed by atoms with Gasteiger partial charge in [0.2, 0.25) is 10.0 Å². The molecule has 0 radical (unpaired) electrons. The molecule has 0 fully saturated rings. The normalized spacial score (nSPS) is 16.4. The Balaban J connectivity index is 2.71. The van der Waals surface area contributed by atoms with E-state index in [0.717, 1.165) is 18.5 Å². The number of hydrogen-bond donors (Lipinski definition) is 3. The first kappa shape index (κ1) is 18.1. The fraction of sp³-hybridized carbons (Fsp3) is 0.600. The quantitative estimate of drug-likeness (QED) is 0.682. The summed E-state index contributed by atoms with van der Waals surface area (Å²) in [6.45, 7) is 6.63. The van der Waals surface area contributed by atoms with Crippen LogP contribution in [0.2, 0.25) is 0 Å². The lowest BCUT2D eigenvalue weighted by molar-refractivity contribution is 0.162. The van der Waals surface area contributed by atoms with Gasteiger partial charge in [-0.25, -0.2) is 13.1 Å². The molecule has 0 spiro atoms. The van der Waals surface area contributed by atoms with Crippen molar-refractivity contribution in [3.8, 4) is 0 Å². The Morgan fingerprint density at radius 3 is 2.48 bits per heavy atom. The summed E-state index contributed by atoms with van der Waals surface area (Å²) in [5, 5.41) is 12.7. The maximum Gasteiger partial charge on any atom is 0.240 e. The van der Waals surface area contributed by atoms with E-state index in [1.165, 1.54) is 7.05 Å². The molecule has 0 aromatic heterocycles. The van der Waals surface area contributed by atoms with Crippen molar-refractivity contribution in [2.75, 3.05) is 13.6 Å². The monoisotopic (exact) mass is 314 g/mol. The predicted molar refractivity (Wildman–Crippen MR) is 84.6 cm³/mol. The zero-order valence-electron chi connectivity index (χ0n) is 13.1. The molecule has 3 N–H and O–H groups in total. The van der Waals surface area contributed by atoms with Crippen LogP contribution in [0.5, 0.6) is 0 Å². The van der Waals surface area contributed by atoms with E-state index in [9.17, 15) is 13.5 Å². The molecule has 0 saturated heterocycles. The minimum absolute atomic E-state index is 0.0495. The summed E-state index contributed by atoms with van der Waals surface area (Å²) in [6, 6.07) is 6.97. The molecule has 5 nitrogen and oxygen atoms in total. The highest BCUT2D eigenvalue weighted by Gasteiger charge is 2.14. The third-order valence-corrected chi connectivity index (χ3v) is 4.87. The van der Waals surface area contributed by atoms with Crippen molar-refractivity contribution < 1.29 is 13.5 Å². The molecule has 21 heavy (non-hydrogen) atoms. The summed E-state index contributed by atoms with van der Waals surface area (Å²) < 4.78 is 25.9. The molecule has 3 unspecified atom stereocenters. The Morgan fingerprint density at radius 1 is 1.24 bits per heavy atom. The van der Waals surface area contributed by atoms with E-state index in [4.69, 9.17) is 0 Å². The van der Waals surface area contributed by atoms with Gasteiger partial charge in [-0.1, -0.05) is 19.1 Å². The van der Waals surface area contributed by atoms with Crippen LogP contribution in [0.4, 0.5) is 0 Å². The van der Waals surface area contributed by atoms with Crippen LogP contribution in [-0.2, 0) is 10.0 Å². The number of aliphatic hydroxyl groups excluding tert-OH is 1. The summed E-state index contributed by atoms with van der Waals surface area (Å²) in [5.41, 5.74) is 0.926. The van der Waals surface area contributed by atoms with Crippen LogP contribution >= 0.6 is 0 Å². The SMILES string of the molecule is CNS(=O)(=O)c1cccc(C(C)NCC(C)CC(C)O)c1. The number of nitrogens with one attached hydrogen (secondary N) is 2. The van der Waals surface area contributed by atoms with Crippen LogP contribution in [-0.4, -0.2) is 33.2 Å². The Bertz CT molecular complexity index is 544. The van der Waals surface area contributed by atoms with Crippen molar-refractivity contribution in [1.29, 1.82) is 0 Å². The van der Waals surface area contributed by atoms with Crippen molar-refractivity contribution in [3.05, 3.63) is 29.8 Å². The van der Waals surface area contributed by atoms with E-state index in [2.05, 4.69) is 17.0 Å². The highest BCUT2D eigenvalue weighted by molar-refractivity contribution is 7.89. The fourth-order valence-electron chi connectivity index (χ4n) is 2.23. The summed E-state index contributed by atoms with van der Waals surface area (Å²) in [4.78, 5) is 0.271. The number of hydrogen-bond acceptors (Lipinski definition) is 4. The fourth-order valence-corrected chi connectivity index (χ4v) is 3.02. The van der Waals surface area contributed by atoms with Crippen molar-refractivity contribution in [2.45, 2.75) is 44.2 Å². The summed E-state index contributed by atoms with van der Waals surface area (Å²) in [5.74, 6) is 0.358. The molecule has 6 heteroatoms. The Labute approximate surface area is 127 Å². The molecule has 0 aliphatic heterocycles. The molecule has 3 atom stereocenters. The van der Waals surface area contributed by atoms with Crippen molar-refractivity contribution in [1.82, 2.24) is 10.0 Å². The van der Waals surface area contributed by atoms with Crippen LogP contribution in [0.1, 0.15) is 38.8 Å². The molecule has 120 valence electrons. The van der Waals surface area contributed by atoms with E-state index < -0.39 is 10.0 Å². The molecule has 0 heterocycles. The van der Waals surface area contributed by atoms with Crippen molar-refractivity contribution >= 4 is 10.0 Å². The van der Waals surface area contributed by atoms with Crippen LogP contribution < -0.4 is 10.0 Å². The number of rotatable bonds is 8. The van der Waals surface area contributed by atoms with Crippen LogP contribution in [0.25, 0.3) is 0 Å². The molecule has 0 amide bonds. The number of sulfonamides is 1. The van der Waals surface area contributed by atoms with Gasteiger partial charge in [-0.05, 0) is 57.5 Å². The Kier molecular flexibility index (Phi) is 6.80. The van der Waals surface area contributed by atoms with Gasteiger partial charge in [0.1, 0.15) is 0 Å². The number of benzene rings is 1. The molecular formula is C15H26N2O3S. The van der Waals surface area contributed by atoms with E-state index in [-0.39, 0.29) is 17.0 Å². The van der Waals surface area contributed by atoms with Crippen LogP contribution in [0, 0.1) is 5.92 Å². The molecule has 0 aliphatic rings. The molecule has 1 aromatic carbocycles. The Morgan fingerprint density at radius 2 is 1.90 bits per heavy atom. The molecule has 0 aliphatic carbocycles. The minimum atomic E-state index is -3.41. The summed E-state index contributed by atoms with van der Waals surface area (Å²) >= 11 is 0. The maximum absolute atomic E-state index is 11.8. The lowest BCUT2D eigenvalue weighted by Gasteiger charge is -2.19. The van der Waals surface area contributed by atoms with E-state index in [1.807, 2.05) is 13.0 Å². The molecular weight excluding hydrogens is 288 g/mol. The second kappa shape index (κ2) is 7.89. The molecule has 0 saturated carbocycles. The van der Waals surface area contributed by atoms with Gasteiger partial charge in [-0.3, -0.25) is 0 Å². The van der Waals surface area contributed by atoms with E-state index >= 15 is 0 Å². The topological polar surface area (TPSA) is 78.4 Å². The van der Waals surface area contributed by atoms with Gasteiger partial charge in [0.25, 0.3) is 0 Å². The summed E-state index contributed by atoms with van der Waals surface area (Å²) in [6.07, 6.45) is 0.440. The van der Waals surface area contributed by atoms with Crippen LogP contribution in [0.3, 0.4) is 0 Å². The predicted octanol–water partition coefficient (Wildman–Crippen LogP) is 1.65. The van der Waals surface area contributed by atoms with Gasteiger partial charge in [-0.2, -0.15) is 0 Å². The van der Waals surface area contributed by atoms with Gasteiger partial charge in [0.05, 0.1) is 11.0 Å². The minimum Gasteiger partial charge on any atom is -0.393 e. The van der Waals surface area contributed by atoms with Gasteiger partial charge in [-0.15, -0.1) is 0 Å². The third kappa shape index (κ3) is 5.74. The summed E-state index contributed by atoms with van der Waals surface area (Å²) in [7, 11) is -2.01. The maximum atomic E-state index is 11.8. The standard InChI is InChI=1S/C15H26N2O3S/c1-11(8-12(2)18)10-17-13(3)14-6-5-7-15(9-14)21(19,20)16-4/h5-7,9,11-13,16-18H,8,10H2,1-4H3. The van der Waals surface area contributed by atoms with Gasteiger partial charge in [0, 0.05) is 6.04 Å². The van der Waals surface area contributed by atoms with E-state index in [0.29, 0.717) is 5.92 Å². The lowest BCUT2D eigenvalue weighted by atomic mass is 10.0. The zero-order valence-corrected chi connectivity index (χ0v) is 13.9. The first-order chi connectivity index (χ1) is 9.76. The smallest absolute Gasteiger partial charge is 0.240 e. The average molecular weight is 314 g/mol. The molecule has 1 rings (SSSR count). The lowest BCUT2D eigenvalue weighted by Crippen LogP contribution is -2.26. The van der Waals surface area contributed by atoms with Gasteiger partial charge >= 0.3 is 0 Å². The average Bonchev–Trinajstić information content (AvgIpc) is 2.44. The molecule has 0 bridgehead atoms. The highest BCUT2D eigenvalue weighted by Crippen LogP contribution is 2.18. The van der Waals surface area contributed by atoms with Gasteiger partial charge in [0.15, 0.2) is 0 Å². The second-order valence-corrected chi connectivity index (χ2v) is 7.49. The highest BCUT2D eigenvalue weighted by atomic mass is 32.2. The van der Waals surface area contributed by atoms with E-state index in [1.54, 1.807) is 25.1 Å². The van der Waals surface area contributed by atoms with Crippen molar-refractivity contribution in [2.24, 2.45) is 5.92 Å². The Hall–Kier alpha value is -0.950. The molecule has 1 aromatic rings. The second-order valence-electron chi connectivity index (χ2n) is 5.60. The van der Waals surface area contributed by atoms with Crippen LogP contribution in [0.15, 0.2) is 29.2 Å². The largest absolute Gasteiger partial charge is 0.393 e.